The zero-order valence-corrected chi connectivity index (χ0v) is 37.3. The van der Waals surface area contributed by atoms with Crippen LogP contribution in [-0.2, 0) is 11.3 Å². The monoisotopic (exact) mass is 926 g/mol. The number of carbonyl (C=O) groups excluding carboxylic acids is 2. The standard InChI is InChI=1S/C50H40Cl2N4O10/c1-5-53-36-19-40-32(13-23(36)3)44(33-14-24(4)37(54-6-2)20-41(33)66-40)46-45(50(63)64)35(51)18-34(47(46)52)48(60)56-22-42(59)55-21-25-7-10-28(31(15-25)49(61)62)43-29-11-8-26(57)16-38(29)65-39-17-27(58)9-12-30(39)43/h7-20,53,57H,5-6,21-22H2,1-4H3,(H,55,59)(H,56,60)(H,61,62)(H,63,64). The zero-order chi connectivity index (χ0) is 47.1. The fourth-order valence-electron chi connectivity index (χ4n) is 8.18. The van der Waals surface area contributed by atoms with Crippen molar-refractivity contribution < 1.29 is 43.3 Å². The van der Waals surface area contributed by atoms with Crippen molar-refractivity contribution >= 4 is 74.6 Å². The van der Waals surface area contributed by atoms with Gasteiger partial charge in [0.05, 0.1) is 38.6 Å². The van der Waals surface area contributed by atoms with Crippen molar-refractivity contribution in [3.63, 3.8) is 0 Å². The number of aryl methyl sites for hydroxylation is 2. The molecule has 0 radical (unpaired) electrons. The minimum Gasteiger partial charge on any atom is -0.508 e. The normalized spacial score (nSPS) is 11.7. The first-order valence-electron chi connectivity index (χ1n) is 20.7. The van der Waals surface area contributed by atoms with Crippen LogP contribution in [-0.4, -0.2) is 58.7 Å². The van der Waals surface area contributed by atoms with Gasteiger partial charge in [-0.15, -0.1) is 0 Å². The van der Waals surface area contributed by atoms with Crippen molar-refractivity contribution in [1.29, 1.82) is 0 Å². The van der Waals surface area contributed by atoms with Gasteiger partial charge < -0.3 is 40.1 Å². The molecule has 0 bridgehead atoms. The number of phenols is 1. The Morgan fingerprint density at radius 3 is 2.14 bits per heavy atom. The number of aromatic hydroxyl groups is 1. The van der Waals surface area contributed by atoms with E-state index in [1.807, 2.05) is 45.9 Å². The third kappa shape index (κ3) is 8.39. The van der Waals surface area contributed by atoms with Crippen molar-refractivity contribution in [3.8, 4) is 50.7 Å². The van der Waals surface area contributed by atoms with E-state index < -0.39 is 30.3 Å². The molecule has 334 valence electrons. The SMILES string of the molecule is CCN=c1cc2oc3cc(NCC)c(C)cc3c(-c3c(Cl)c(C(=O)NCC(=O)NCc4ccc(-c5c6ccc(=O)cc-6oc6cc(O)ccc56)c(C(=O)O)c4)cc(Cl)c3C(=O)O)c-2cc1C. The molecule has 0 saturated heterocycles. The number of anilines is 1. The van der Waals surface area contributed by atoms with Crippen molar-refractivity contribution in [1.82, 2.24) is 10.6 Å². The number of carboxylic acids is 2. The Balaban J connectivity index is 1.10. The first-order chi connectivity index (χ1) is 31.6. The number of hydrogen-bond acceptors (Lipinski definition) is 10. The van der Waals surface area contributed by atoms with E-state index in [1.54, 1.807) is 30.3 Å². The summed E-state index contributed by atoms with van der Waals surface area (Å²) in [4.78, 5) is 69.7. The summed E-state index contributed by atoms with van der Waals surface area (Å²) < 4.78 is 12.4. The van der Waals surface area contributed by atoms with Crippen LogP contribution in [0.2, 0.25) is 10.0 Å². The van der Waals surface area contributed by atoms with Crippen LogP contribution in [0.3, 0.4) is 0 Å². The van der Waals surface area contributed by atoms with Crippen LogP contribution in [0.4, 0.5) is 5.69 Å². The summed E-state index contributed by atoms with van der Waals surface area (Å²) in [6.07, 6.45) is 0. The molecule has 14 nitrogen and oxygen atoms in total. The molecule has 2 aliphatic carbocycles. The molecule has 4 aromatic carbocycles. The molecule has 0 spiro atoms. The molecule has 6 N–H and O–H groups in total. The van der Waals surface area contributed by atoms with Gasteiger partial charge in [0.25, 0.3) is 5.91 Å². The highest BCUT2D eigenvalue weighted by molar-refractivity contribution is 6.41. The summed E-state index contributed by atoms with van der Waals surface area (Å²) in [6.45, 7) is 8.10. The van der Waals surface area contributed by atoms with E-state index in [1.165, 1.54) is 30.3 Å². The van der Waals surface area contributed by atoms with E-state index in [2.05, 4.69) is 20.9 Å². The number of nitrogens with zero attached hydrogens (tertiary/aromatic N) is 1. The summed E-state index contributed by atoms with van der Waals surface area (Å²) in [7, 11) is 0. The highest BCUT2D eigenvalue weighted by Crippen LogP contribution is 2.48. The van der Waals surface area contributed by atoms with E-state index in [0.717, 1.165) is 22.9 Å². The van der Waals surface area contributed by atoms with Gasteiger partial charge in [-0.1, -0.05) is 35.3 Å². The van der Waals surface area contributed by atoms with E-state index in [4.69, 9.17) is 32.0 Å². The van der Waals surface area contributed by atoms with Gasteiger partial charge in [0, 0.05) is 88.2 Å². The lowest BCUT2D eigenvalue weighted by Gasteiger charge is -2.21. The molecule has 2 heterocycles. The number of phenolic OH excluding ortho intramolecular Hbond substituents is 1. The molecular weight excluding hydrogens is 887 g/mol. The van der Waals surface area contributed by atoms with Gasteiger partial charge in [0.2, 0.25) is 5.91 Å². The molecule has 0 saturated carbocycles. The van der Waals surface area contributed by atoms with Gasteiger partial charge in [0.1, 0.15) is 28.4 Å². The maximum atomic E-state index is 13.9. The highest BCUT2D eigenvalue weighted by atomic mass is 35.5. The first kappa shape index (κ1) is 44.9. The van der Waals surface area contributed by atoms with Crippen LogP contribution in [0.25, 0.3) is 66.8 Å². The molecular formula is C50H40Cl2N4O10. The molecule has 8 rings (SSSR count). The average Bonchev–Trinajstić information content (AvgIpc) is 3.27. The molecule has 2 amide bonds. The summed E-state index contributed by atoms with van der Waals surface area (Å²) in [5, 5.41) is 40.8. The third-order valence-electron chi connectivity index (χ3n) is 11.2. The number of carboxylic acid groups (broad SMARTS) is 2. The summed E-state index contributed by atoms with van der Waals surface area (Å²) in [5.41, 5.74) is 4.59. The Bertz CT molecular complexity index is 3410. The van der Waals surface area contributed by atoms with E-state index in [0.29, 0.717) is 73.9 Å². The summed E-state index contributed by atoms with van der Waals surface area (Å²) in [6, 6.07) is 21.6. The Hall–Kier alpha value is -7.68. The van der Waals surface area contributed by atoms with Gasteiger partial charge >= 0.3 is 11.9 Å². The maximum Gasteiger partial charge on any atom is 0.337 e. The highest BCUT2D eigenvalue weighted by Gasteiger charge is 2.30. The Morgan fingerprint density at radius 2 is 1.42 bits per heavy atom. The van der Waals surface area contributed by atoms with Gasteiger partial charge in [0.15, 0.2) is 5.43 Å². The summed E-state index contributed by atoms with van der Waals surface area (Å²) >= 11 is 13.8. The number of amides is 2. The molecule has 66 heavy (non-hydrogen) atoms. The second kappa shape index (κ2) is 18.1. The Labute approximate surface area is 385 Å². The van der Waals surface area contributed by atoms with E-state index >= 15 is 0 Å². The number of rotatable bonds is 12. The van der Waals surface area contributed by atoms with Crippen LogP contribution in [0.1, 0.15) is 61.6 Å². The first-order valence-corrected chi connectivity index (χ1v) is 21.5. The number of aromatic carboxylic acids is 2. The molecule has 0 unspecified atom stereocenters. The number of hydrogen-bond donors (Lipinski definition) is 6. The lowest BCUT2D eigenvalue weighted by Crippen LogP contribution is -2.36. The smallest absolute Gasteiger partial charge is 0.337 e. The second-order valence-corrected chi connectivity index (χ2v) is 16.3. The largest absolute Gasteiger partial charge is 0.508 e. The third-order valence-corrected chi connectivity index (χ3v) is 11.9. The van der Waals surface area contributed by atoms with Crippen LogP contribution >= 0.6 is 23.2 Å². The lowest BCUT2D eigenvalue weighted by molar-refractivity contribution is -0.120. The van der Waals surface area contributed by atoms with Crippen LogP contribution in [0, 0.1) is 13.8 Å². The molecule has 0 atom stereocenters. The number of fused-ring (bicyclic) bond motifs is 4. The maximum absolute atomic E-state index is 13.9. The van der Waals surface area contributed by atoms with Crippen molar-refractivity contribution in [2.24, 2.45) is 4.99 Å². The fourth-order valence-corrected chi connectivity index (χ4v) is 8.79. The van der Waals surface area contributed by atoms with Crippen LogP contribution < -0.4 is 26.7 Å². The van der Waals surface area contributed by atoms with E-state index in [-0.39, 0.29) is 61.4 Å². The van der Waals surface area contributed by atoms with Crippen molar-refractivity contribution in [3.05, 3.63) is 144 Å². The molecule has 4 aromatic rings. The van der Waals surface area contributed by atoms with E-state index in [9.17, 15) is 39.3 Å². The van der Waals surface area contributed by atoms with Crippen LogP contribution in [0.5, 0.6) is 5.75 Å². The Morgan fingerprint density at radius 1 is 0.697 bits per heavy atom. The summed E-state index contributed by atoms with van der Waals surface area (Å²) in [5.74, 6) is -3.61. The van der Waals surface area contributed by atoms with Crippen molar-refractivity contribution in [2.75, 3.05) is 25.0 Å². The predicted molar refractivity (Wildman–Crippen MR) is 252 cm³/mol. The second-order valence-electron chi connectivity index (χ2n) is 15.5. The Kier molecular flexibility index (Phi) is 12.3. The quantitative estimate of drug-likeness (QED) is 0.0634. The van der Waals surface area contributed by atoms with Crippen molar-refractivity contribution in [2.45, 2.75) is 34.2 Å². The lowest BCUT2D eigenvalue weighted by atomic mass is 9.88. The molecule has 4 aliphatic rings. The number of nitrogens with one attached hydrogen (secondary N) is 3. The van der Waals surface area contributed by atoms with Gasteiger partial charge in [-0.25, -0.2) is 9.59 Å². The number of halogens is 2. The van der Waals surface area contributed by atoms with Gasteiger partial charge in [-0.3, -0.25) is 19.4 Å². The molecule has 16 heteroatoms. The van der Waals surface area contributed by atoms with Gasteiger partial charge in [-0.05, 0) is 98.5 Å². The number of benzene rings is 6. The fraction of sp³-hybridized carbons (Fsp3) is 0.160. The average molecular weight is 928 g/mol. The van der Waals surface area contributed by atoms with Crippen LogP contribution in [0.15, 0.2) is 104 Å². The zero-order valence-electron chi connectivity index (χ0n) is 35.8. The molecule has 0 fully saturated rings. The minimum absolute atomic E-state index is 0.0240. The molecule has 2 aliphatic heterocycles. The molecule has 0 aromatic heterocycles. The van der Waals surface area contributed by atoms with Gasteiger partial charge in [-0.2, -0.15) is 0 Å². The minimum atomic E-state index is -1.39. The predicted octanol–water partition coefficient (Wildman–Crippen LogP) is 9.51. The topological polar surface area (TPSA) is 221 Å². The number of carbonyl (C=O) groups is 4.